The molecule has 1 aliphatic rings. The number of fused-ring (bicyclic) bond motifs is 1. The van der Waals surface area contributed by atoms with Crippen molar-refractivity contribution >= 4 is 17.2 Å². The number of imidazole rings is 1. The topological polar surface area (TPSA) is 46.8 Å². The highest BCUT2D eigenvalue weighted by atomic mass is 16.5. The Morgan fingerprint density at radius 2 is 2.33 bits per heavy atom. The number of pyridine rings is 1. The van der Waals surface area contributed by atoms with Crippen molar-refractivity contribution in [2.45, 2.75) is 13.3 Å². The van der Waals surface area contributed by atoms with Crippen molar-refractivity contribution in [3.63, 3.8) is 0 Å². The van der Waals surface area contributed by atoms with E-state index in [0.717, 1.165) is 17.9 Å². The van der Waals surface area contributed by atoms with Crippen LogP contribution in [0.1, 0.15) is 13.3 Å². The van der Waals surface area contributed by atoms with Gasteiger partial charge in [0.25, 0.3) is 0 Å². The maximum atomic E-state index is 12.0. The predicted octanol–water partition coefficient (Wildman–Crippen LogP) is 1.72. The molecule has 0 spiro atoms. The third-order valence-corrected chi connectivity index (χ3v) is 3.30. The zero-order valence-electron chi connectivity index (χ0n) is 10.5. The minimum absolute atomic E-state index is 0.153. The van der Waals surface area contributed by atoms with Crippen LogP contribution in [0, 0.1) is 5.92 Å². The number of carbonyl (C=O) groups excluding carboxylic acids is 1. The van der Waals surface area contributed by atoms with Gasteiger partial charge in [-0.05, 0) is 5.92 Å². The van der Waals surface area contributed by atoms with Gasteiger partial charge in [-0.15, -0.1) is 0 Å². The van der Waals surface area contributed by atoms with Crippen LogP contribution in [0.5, 0.6) is 5.75 Å². The van der Waals surface area contributed by atoms with Crippen LogP contribution >= 0.6 is 0 Å². The van der Waals surface area contributed by atoms with Crippen LogP contribution in [0.2, 0.25) is 0 Å². The molecule has 0 aromatic carbocycles. The van der Waals surface area contributed by atoms with E-state index in [9.17, 15) is 4.79 Å². The van der Waals surface area contributed by atoms with Crippen molar-refractivity contribution < 1.29 is 9.53 Å². The summed E-state index contributed by atoms with van der Waals surface area (Å²) in [6.07, 6.45) is 6.09. The Bertz CT molecular complexity index is 605. The van der Waals surface area contributed by atoms with Gasteiger partial charge in [-0.2, -0.15) is 0 Å². The van der Waals surface area contributed by atoms with Crippen LogP contribution in [-0.4, -0.2) is 28.9 Å². The van der Waals surface area contributed by atoms with Gasteiger partial charge >= 0.3 is 0 Å². The standard InChI is InChI=1S/C13H15N3O2/c1-9-5-13(17)16(7-9)10-8-15-4-3-14-12(15)6-11(10)18-2/h3-4,6,8-9H,5,7H2,1-2H3. The number of hydrogen-bond acceptors (Lipinski definition) is 3. The first kappa shape index (κ1) is 11.1. The number of hydrogen-bond donors (Lipinski definition) is 0. The first-order valence-electron chi connectivity index (χ1n) is 6.00. The van der Waals surface area contributed by atoms with Gasteiger partial charge in [0, 0.05) is 37.6 Å². The fourth-order valence-electron chi connectivity index (χ4n) is 2.42. The van der Waals surface area contributed by atoms with Gasteiger partial charge in [0.2, 0.25) is 5.91 Å². The third kappa shape index (κ3) is 1.63. The molecule has 2 aromatic heterocycles. The van der Waals surface area contributed by atoms with Crippen molar-refractivity contribution in [2.75, 3.05) is 18.6 Å². The molecule has 5 heteroatoms. The number of amides is 1. The van der Waals surface area contributed by atoms with Gasteiger partial charge < -0.3 is 14.0 Å². The number of carbonyl (C=O) groups is 1. The Morgan fingerprint density at radius 1 is 1.50 bits per heavy atom. The predicted molar refractivity (Wildman–Crippen MR) is 67.9 cm³/mol. The molecule has 3 rings (SSSR count). The van der Waals surface area contributed by atoms with Crippen molar-refractivity contribution in [1.29, 1.82) is 0 Å². The molecule has 0 N–H and O–H groups in total. The molecule has 0 saturated carbocycles. The Labute approximate surface area is 105 Å². The van der Waals surface area contributed by atoms with Crippen molar-refractivity contribution in [3.05, 3.63) is 24.7 Å². The summed E-state index contributed by atoms with van der Waals surface area (Å²) in [5.41, 5.74) is 1.63. The molecule has 1 fully saturated rings. The molecule has 94 valence electrons. The van der Waals surface area contributed by atoms with E-state index in [-0.39, 0.29) is 5.91 Å². The van der Waals surface area contributed by atoms with Crippen molar-refractivity contribution in [3.8, 4) is 5.75 Å². The maximum absolute atomic E-state index is 12.0. The minimum atomic E-state index is 0.153. The number of methoxy groups -OCH3 is 1. The van der Waals surface area contributed by atoms with E-state index in [1.807, 2.05) is 22.9 Å². The lowest BCUT2D eigenvalue weighted by atomic mass is 10.2. The molecule has 0 aliphatic carbocycles. The average Bonchev–Trinajstić information content (AvgIpc) is 2.93. The SMILES string of the molecule is COc1cc2nccn2cc1N1CC(C)CC1=O. The fraction of sp³-hybridized carbons (Fsp3) is 0.385. The monoisotopic (exact) mass is 245 g/mol. The van der Waals surface area contributed by atoms with Gasteiger partial charge in [-0.3, -0.25) is 4.79 Å². The van der Waals surface area contributed by atoms with Gasteiger partial charge in [-0.25, -0.2) is 4.98 Å². The Morgan fingerprint density at radius 3 is 3.00 bits per heavy atom. The molecular formula is C13H15N3O2. The number of anilines is 1. The lowest BCUT2D eigenvalue weighted by molar-refractivity contribution is -0.117. The molecule has 1 amide bonds. The van der Waals surface area contributed by atoms with E-state index in [4.69, 9.17) is 4.74 Å². The highest BCUT2D eigenvalue weighted by Gasteiger charge is 2.29. The quantitative estimate of drug-likeness (QED) is 0.809. The lowest BCUT2D eigenvalue weighted by Gasteiger charge is -2.19. The summed E-state index contributed by atoms with van der Waals surface area (Å²) in [5, 5.41) is 0. The molecule has 3 heterocycles. The molecule has 0 bridgehead atoms. The Hall–Kier alpha value is -2.04. The van der Waals surface area contributed by atoms with Crippen LogP contribution in [0.15, 0.2) is 24.7 Å². The van der Waals surface area contributed by atoms with Crippen LogP contribution in [-0.2, 0) is 4.79 Å². The first-order chi connectivity index (χ1) is 8.69. The van der Waals surface area contributed by atoms with E-state index in [1.54, 1.807) is 18.2 Å². The van der Waals surface area contributed by atoms with Gasteiger partial charge in [-0.1, -0.05) is 6.92 Å². The lowest BCUT2D eigenvalue weighted by Crippen LogP contribution is -2.25. The molecule has 5 nitrogen and oxygen atoms in total. The summed E-state index contributed by atoms with van der Waals surface area (Å²) in [6.45, 7) is 2.83. The first-order valence-corrected chi connectivity index (χ1v) is 6.00. The van der Waals surface area contributed by atoms with Gasteiger partial charge in [0.15, 0.2) is 0 Å². The van der Waals surface area contributed by atoms with E-state index in [1.165, 1.54) is 0 Å². The summed E-state index contributed by atoms with van der Waals surface area (Å²) in [6, 6.07) is 1.85. The van der Waals surface area contributed by atoms with Crippen LogP contribution < -0.4 is 9.64 Å². The second kappa shape index (κ2) is 4.01. The van der Waals surface area contributed by atoms with Crippen molar-refractivity contribution in [1.82, 2.24) is 9.38 Å². The summed E-state index contributed by atoms with van der Waals surface area (Å²) in [4.78, 5) is 18.0. The molecule has 1 aliphatic heterocycles. The summed E-state index contributed by atoms with van der Waals surface area (Å²) in [7, 11) is 1.61. The zero-order valence-corrected chi connectivity index (χ0v) is 10.5. The largest absolute Gasteiger partial charge is 0.494 e. The number of ether oxygens (including phenoxy) is 1. The molecule has 1 unspecified atom stereocenters. The molecule has 18 heavy (non-hydrogen) atoms. The van der Waals surface area contributed by atoms with Crippen LogP contribution in [0.3, 0.4) is 0 Å². The Balaban J connectivity index is 2.11. The summed E-state index contributed by atoms with van der Waals surface area (Å²) < 4.78 is 7.27. The number of nitrogens with zero attached hydrogens (tertiary/aromatic N) is 3. The average molecular weight is 245 g/mol. The Kier molecular flexibility index (Phi) is 2.47. The molecular weight excluding hydrogens is 230 g/mol. The minimum Gasteiger partial charge on any atom is -0.494 e. The smallest absolute Gasteiger partial charge is 0.227 e. The molecule has 0 radical (unpaired) electrons. The fourth-order valence-corrected chi connectivity index (χ4v) is 2.42. The van der Waals surface area contributed by atoms with E-state index < -0.39 is 0 Å². The van der Waals surface area contributed by atoms with Gasteiger partial charge in [0.05, 0.1) is 7.11 Å². The van der Waals surface area contributed by atoms with Crippen molar-refractivity contribution in [2.24, 2.45) is 5.92 Å². The van der Waals surface area contributed by atoms with E-state index in [2.05, 4.69) is 11.9 Å². The molecule has 1 saturated heterocycles. The molecule has 2 aromatic rings. The number of aromatic nitrogens is 2. The molecule has 1 atom stereocenters. The van der Waals surface area contributed by atoms with Crippen LogP contribution in [0.4, 0.5) is 5.69 Å². The number of rotatable bonds is 2. The zero-order chi connectivity index (χ0) is 12.7. The maximum Gasteiger partial charge on any atom is 0.227 e. The normalized spacial score (nSPS) is 19.8. The third-order valence-electron chi connectivity index (χ3n) is 3.30. The summed E-state index contributed by atoms with van der Waals surface area (Å²) in [5.74, 6) is 1.23. The van der Waals surface area contributed by atoms with E-state index >= 15 is 0 Å². The second-order valence-corrected chi connectivity index (χ2v) is 4.73. The van der Waals surface area contributed by atoms with E-state index in [0.29, 0.717) is 18.1 Å². The summed E-state index contributed by atoms with van der Waals surface area (Å²) >= 11 is 0. The highest BCUT2D eigenvalue weighted by Crippen LogP contribution is 2.33. The van der Waals surface area contributed by atoms with Crippen LogP contribution in [0.25, 0.3) is 5.65 Å². The second-order valence-electron chi connectivity index (χ2n) is 4.73. The highest BCUT2D eigenvalue weighted by molar-refractivity contribution is 5.97. The van der Waals surface area contributed by atoms with Gasteiger partial charge in [0.1, 0.15) is 17.1 Å².